The lowest BCUT2D eigenvalue weighted by molar-refractivity contribution is 0.480. The number of phenolic OH excluding ortho intramolecular Hbond substituents is 1. The maximum atomic E-state index is 12.9. The van der Waals surface area contributed by atoms with Gasteiger partial charge in [-0.15, -0.1) is 5.10 Å². The van der Waals surface area contributed by atoms with Crippen LogP contribution in [0, 0.1) is 5.82 Å². The molecular weight excluding hydrogens is 307 g/mol. The van der Waals surface area contributed by atoms with Crippen LogP contribution in [0.2, 0.25) is 0 Å². The van der Waals surface area contributed by atoms with E-state index in [1.807, 2.05) is 18.2 Å². The highest BCUT2D eigenvalue weighted by molar-refractivity contribution is 5.86. The van der Waals surface area contributed by atoms with E-state index >= 15 is 0 Å². The third kappa shape index (κ3) is 2.69. The van der Waals surface area contributed by atoms with Crippen molar-refractivity contribution < 1.29 is 9.50 Å². The van der Waals surface area contributed by atoms with Gasteiger partial charge in [-0.1, -0.05) is 35.5 Å². The van der Waals surface area contributed by atoms with Gasteiger partial charge in [0.15, 0.2) is 0 Å². The first kappa shape index (κ1) is 14.3. The van der Waals surface area contributed by atoms with Crippen molar-refractivity contribution in [3.63, 3.8) is 0 Å². The van der Waals surface area contributed by atoms with Gasteiger partial charge in [0.2, 0.25) is 0 Å². The van der Waals surface area contributed by atoms with E-state index in [2.05, 4.69) is 15.3 Å². The van der Waals surface area contributed by atoms with Gasteiger partial charge in [-0.05, 0) is 29.8 Å². The molecule has 2 heterocycles. The van der Waals surface area contributed by atoms with Crippen LogP contribution in [0.4, 0.5) is 4.39 Å². The number of aromatic hydroxyl groups is 1. The molecule has 6 heteroatoms. The summed E-state index contributed by atoms with van der Waals surface area (Å²) >= 11 is 0. The molecule has 2 aromatic heterocycles. The zero-order valence-electron chi connectivity index (χ0n) is 12.6. The van der Waals surface area contributed by atoms with E-state index in [0.29, 0.717) is 23.4 Å². The Balaban J connectivity index is 1.64. The van der Waals surface area contributed by atoms with Crippen molar-refractivity contribution in [2.45, 2.75) is 6.54 Å². The van der Waals surface area contributed by atoms with Crippen molar-refractivity contribution in [3.05, 3.63) is 72.2 Å². The molecule has 24 heavy (non-hydrogen) atoms. The Labute approximate surface area is 137 Å². The van der Waals surface area contributed by atoms with Gasteiger partial charge < -0.3 is 5.11 Å². The fourth-order valence-corrected chi connectivity index (χ4v) is 2.54. The molecule has 4 rings (SSSR count). The summed E-state index contributed by atoms with van der Waals surface area (Å²) in [6.07, 6.45) is 1.78. The topological polar surface area (TPSA) is 63.8 Å². The van der Waals surface area contributed by atoms with Crippen LogP contribution < -0.4 is 0 Å². The van der Waals surface area contributed by atoms with Crippen LogP contribution in [0.25, 0.3) is 22.3 Å². The minimum atomic E-state index is -0.266. The Morgan fingerprint density at radius 3 is 2.62 bits per heavy atom. The van der Waals surface area contributed by atoms with E-state index in [4.69, 9.17) is 0 Å². The molecule has 0 spiro atoms. The SMILES string of the molecule is Oc1cccc2ccc(-c3cn(Cc4ccc(F)cc4)nn3)nc12. The van der Waals surface area contributed by atoms with E-state index in [1.54, 1.807) is 35.1 Å². The maximum absolute atomic E-state index is 12.9. The molecule has 1 N–H and O–H groups in total. The first-order valence-corrected chi connectivity index (χ1v) is 7.43. The number of phenols is 1. The molecule has 118 valence electrons. The Morgan fingerprint density at radius 2 is 1.79 bits per heavy atom. The standard InChI is InChI=1S/C18H13FN4O/c19-14-7-4-12(5-8-14)10-23-11-16(21-22-23)15-9-6-13-2-1-3-17(24)18(13)20-15/h1-9,11,24H,10H2. The molecule has 4 aromatic rings. The molecule has 0 amide bonds. The number of hydrogen-bond acceptors (Lipinski definition) is 4. The summed E-state index contributed by atoms with van der Waals surface area (Å²) in [6.45, 7) is 0.492. The van der Waals surface area contributed by atoms with E-state index in [1.165, 1.54) is 12.1 Å². The molecule has 0 aliphatic carbocycles. The number of halogens is 1. The lowest BCUT2D eigenvalue weighted by Crippen LogP contribution is -2.00. The first-order chi connectivity index (χ1) is 11.7. The molecule has 0 aliphatic rings. The Kier molecular flexibility index (Phi) is 3.42. The van der Waals surface area contributed by atoms with Crippen molar-refractivity contribution in [2.24, 2.45) is 0 Å². The van der Waals surface area contributed by atoms with Crippen molar-refractivity contribution in [2.75, 3.05) is 0 Å². The lowest BCUT2D eigenvalue weighted by Gasteiger charge is -2.02. The fourth-order valence-electron chi connectivity index (χ4n) is 2.54. The number of hydrogen-bond donors (Lipinski definition) is 1. The zero-order valence-corrected chi connectivity index (χ0v) is 12.6. The molecule has 0 radical (unpaired) electrons. The number of aromatic nitrogens is 4. The number of pyridine rings is 1. The predicted octanol–water partition coefficient (Wildman–Crippen LogP) is 3.39. The molecule has 2 aromatic carbocycles. The summed E-state index contributed by atoms with van der Waals surface area (Å²) in [6, 6.07) is 15.2. The van der Waals surface area contributed by atoms with E-state index in [-0.39, 0.29) is 11.6 Å². The van der Waals surface area contributed by atoms with Crippen LogP contribution in [0.3, 0.4) is 0 Å². The van der Waals surface area contributed by atoms with E-state index < -0.39 is 0 Å². The van der Waals surface area contributed by atoms with Gasteiger partial charge in [-0.3, -0.25) is 0 Å². The summed E-state index contributed by atoms with van der Waals surface area (Å²) in [4.78, 5) is 4.46. The lowest BCUT2D eigenvalue weighted by atomic mass is 10.1. The number of rotatable bonds is 3. The monoisotopic (exact) mass is 320 g/mol. The summed E-state index contributed by atoms with van der Waals surface area (Å²) < 4.78 is 14.6. The zero-order chi connectivity index (χ0) is 16.5. The third-order valence-electron chi connectivity index (χ3n) is 3.76. The highest BCUT2D eigenvalue weighted by atomic mass is 19.1. The van der Waals surface area contributed by atoms with Gasteiger partial charge in [-0.25, -0.2) is 14.1 Å². The van der Waals surface area contributed by atoms with Crippen LogP contribution in [-0.2, 0) is 6.54 Å². The van der Waals surface area contributed by atoms with Gasteiger partial charge in [0.1, 0.15) is 22.8 Å². The first-order valence-electron chi connectivity index (χ1n) is 7.43. The summed E-state index contributed by atoms with van der Waals surface area (Å²) in [5.74, 6) is -0.133. The minimum absolute atomic E-state index is 0.132. The number of fused-ring (bicyclic) bond motifs is 1. The van der Waals surface area contributed by atoms with Gasteiger partial charge in [0, 0.05) is 5.39 Å². The molecule has 0 saturated heterocycles. The largest absolute Gasteiger partial charge is 0.506 e. The van der Waals surface area contributed by atoms with Crippen molar-refractivity contribution in [1.82, 2.24) is 20.0 Å². The predicted molar refractivity (Wildman–Crippen MR) is 87.9 cm³/mol. The van der Waals surface area contributed by atoms with Crippen LogP contribution in [0.15, 0.2) is 60.8 Å². The number of para-hydroxylation sites is 1. The molecular formula is C18H13FN4O. The van der Waals surface area contributed by atoms with E-state index in [9.17, 15) is 9.50 Å². The highest BCUT2D eigenvalue weighted by Crippen LogP contribution is 2.25. The summed E-state index contributed by atoms with van der Waals surface area (Å²) in [5.41, 5.74) is 2.71. The smallest absolute Gasteiger partial charge is 0.141 e. The Morgan fingerprint density at radius 1 is 0.958 bits per heavy atom. The molecule has 0 unspecified atom stereocenters. The van der Waals surface area contributed by atoms with Crippen molar-refractivity contribution in [3.8, 4) is 17.1 Å². The minimum Gasteiger partial charge on any atom is -0.506 e. The number of benzene rings is 2. The molecule has 5 nitrogen and oxygen atoms in total. The van der Waals surface area contributed by atoms with Crippen molar-refractivity contribution in [1.29, 1.82) is 0 Å². The fraction of sp³-hybridized carbons (Fsp3) is 0.0556. The Hall–Kier alpha value is -3.28. The second-order valence-corrected chi connectivity index (χ2v) is 5.47. The maximum Gasteiger partial charge on any atom is 0.141 e. The van der Waals surface area contributed by atoms with Gasteiger partial charge in [-0.2, -0.15) is 0 Å². The second kappa shape index (κ2) is 5.73. The van der Waals surface area contributed by atoms with Gasteiger partial charge in [0.25, 0.3) is 0 Å². The van der Waals surface area contributed by atoms with Crippen LogP contribution in [0.5, 0.6) is 5.75 Å². The second-order valence-electron chi connectivity index (χ2n) is 5.47. The summed E-state index contributed by atoms with van der Waals surface area (Å²) in [5, 5.41) is 19.0. The normalized spacial score (nSPS) is 11.0. The average molecular weight is 320 g/mol. The Bertz CT molecular complexity index is 1010. The summed E-state index contributed by atoms with van der Waals surface area (Å²) in [7, 11) is 0. The molecule has 0 fully saturated rings. The number of nitrogens with zero attached hydrogens (tertiary/aromatic N) is 4. The average Bonchev–Trinajstić information content (AvgIpc) is 3.06. The molecule has 0 saturated carbocycles. The van der Waals surface area contributed by atoms with Crippen molar-refractivity contribution >= 4 is 10.9 Å². The third-order valence-corrected chi connectivity index (χ3v) is 3.76. The van der Waals surface area contributed by atoms with Crippen LogP contribution >= 0.6 is 0 Å². The van der Waals surface area contributed by atoms with Crippen LogP contribution in [0.1, 0.15) is 5.56 Å². The molecule has 0 aliphatic heterocycles. The van der Waals surface area contributed by atoms with Gasteiger partial charge >= 0.3 is 0 Å². The van der Waals surface area contributed by atoms with Gasteiger partial charge in [0.05, 0.1) is 18.4 Å². The molecule has 0 atom stereocenters. The van der Waals surface area contributed by atoms with Crippen LogP contribution in [-0.4, -0.2) is 25.1 Å². The highest BCUT2D eigenvalue weighted by Gasteiger charge is 2.09. The molecule has 0 bridgehead atoms. The quantitative estimate of drug-likeness (QED) is 0.628. The van der Waals surface area contributed by atoms with E-state index in [0.717, 1.165) is 10.9 Å².